The number of ether oxygens (including phenoxy) is 3. The summed E-state index contributed by atoms with van der Waals surface area (Å²) in [6.45, 7) is 3.08. The van der Waals surface area contributed by atoms with Gasteiger partial charge in [0.2, 0.25) is 0 Å². The van der Waals surface area contributed by atoms with E-state index in [4.69, 9.17) is 31.5 Å². The molecule has 1 atom stereocenters. The Morgan fingerprint density at radius 1 is 1.50 bits per heavy atom. The molecule has 0 unspecified atom stereocenters. The van der Waals surface area contributed by atoms with Crippen molar-refractivity contribution in [2.45, 2.75) is 12.6 Å². The fourth-order valence-corrected chi connectivity index (χ4v) is 2.50. The summed E-state index contributed by atoms with van der Waals surface area (Å²) in [6.07, 6.45) is 0.0629. The minimum atomic E-state index is -0.512. The summed E-state index contributed by atoms with van der Waals surface area (Å²) in [7, 11) is 1.98. The smallest absolute Gasteiger partial charge is 0.255 e. The molecule has 0 spiro atoms. The van der Waals surface area contributed by atoms with Crippen LogP contribution in [0, 0.1) is 0 Å². The minimum Gasteiger partial charge on any atom is -0.483 e. The maximum Gasteiger partial charge on any atom is 0.255 e. The van der Waals surface area contributed by atoms with Gasteiger partial charge in [-0.1, -0.05) is 11.6 Å². The average Bonchev–Trinajstić information content (AvgIpc) is 2.47. The average molecular weight is 329 g/mol. The zero-order valence-electron chi connectivity index (χ0n) is 12.6. The van der Waals surface area contributed by atoms with Crippen LogP contribution in [0.3, 0.4) is 0 Å². The van der Waals surface area contributed by atoms with E-state index < -0.39 is 5.91 Å². The number of primary amides is 1. The van der Waals surface area contributed by atoms with Gasteiger partial charge in [0.1, 0.15) is 5.75 Å². The van der Waals surface area contributed by atoms with Crippen LogP contribution in [0.15, 0.2) is 18.2 Å². The molecule has 1 aromatic carbocycles. The van der Waals surface area contributed by atoms with Crippen LogP contribution >= 0.6 is 11.6 Å². The molecule has 1 saturated heterocycles. The predicted octanol–water partition coefficient (Wildman–Crippen LogP) is 1.05. The molecule has 1 aliphatic rings. The molecule has 2 N–H and O–H groups in total. The molecule has 7 heteroatoms. The molecule has 1 amide bonds. The number of halogens is 1. The minimum absolute atomic E-state index is 0.0629. The first kappa shape index (κ1) is 17.0. The Balaban J connectivity index is 1.96. The van der Waals surface area contributed by atoms with Gasteiger partial charge in [-0.3, -0.25) is 9.69 Å². The molecule has 0 aromatic heterocycles. The molecule has 2 rings (SSSR count). The summed E-state index contributed by atoms with van der Waals surface area (Å²) in [6, 6.07) is 5.29. The normalized spacial score (nSPS) is 18.4. The second-order valence-electron chi connectivity index (χ2n) is 5.27. The number of likely N-dealkylation sites (N-methyl/N-ethyl adjacent to an activating group) is 1. The molecule has 122 valence electrons. The Bertz CT molecular complexity index is 506. The van der Waals surface area contributed by atoms with Crippen LogP contribution in [0.5, 0.6) is 5.75 Å². The van der Waals surface area contributed by atoms with E-state index in [0.29, 0.717) is 37.1 Å². The zero-order valence-corrected chi connectivity index (χ0v) is 13.3. The Morgan fingerprint density at radius 3 is 3.00 bits per heavy atom. The second kappa shape index (κ2) is 8.33. The van der Waals surface area contributed by atoms with Crippen LogP contribution in [-0.2, 0) is 20.8 Å². The van der Waals surface area contributed by atoms with Crippen molar-refractivity contribution in [3.63, 3.8) is 0 Å². The molecular weight excluding hydrogens is 308 g/mol. The number of hydrogen-bond acceptors (Lipinski definition) is 5. The molecule has 6 nitrogen and oxygen atoms in total. The lowest BCUT2D eigenvalue weighted by atomic mass is 10.2. The number of benzene rings is 1. The van der Waals surface area contributed by atoms with Crippen molar-refractivity contribution < 1.29 is 19.0 Å². The van der Waals surface area contributed by atoms with Gasteiger partial charge in [-0.05, 0) is 25.2 Å². The molecule has 1 aliphatic heterocycles. The first-order valence-electron chi connectivity index (χ1n) is 7.12. The molecule has 22 heavy (non-hydrogen) atoms. The third kappa shape index (κ3) is 5.46. The maximum atomic E-state index is 10.9. The van der Waals surface area contributed by atoms with Crippen LogP contribution in [0.4, 0.5) is 0 Å². The van der Waals surface area contributed by atoms with Crippen molar-refractivity contribution in [3.05, 3.63) is 28.8 Å². The lowest BCUT2D eigenvalue weighted by molar-refractivity contribution is -0.119. The monoisotopic (exact) mass is 328 g/mol. The van der Waals surface area contributed by atoms with Gasteiger partial charge in [0.05, 0.1) is 25.9 Å². The third-order valence-corrected chi connectivity index (χ3v) is 3.47. The maximum absolute atomic E-state index is 10.9. The summed E-state index contributed by atoms with van der Waals surface area (Å²) < 4.78 is 16.5. The van der Waals surface area contributed by atoms with Crippen molar-refractivity contribution in [2.24, 2.45) is 5.73 Å². The molecule has 0 radical (unpaired) electrons. The van der Waals surface area contributed by atoms with E-state index in [1.165, 1.54) is 0 Å². The second-order valence-corrected chi connectivity index (χ2v) is 5.71. The van der Waals surface area contributed by atoms with Gasteiger partial charge in [0.15, 0.2) is 6.61 Å². The number of rotatable bonds is 7. The quantitative estimate of drug-likeness (QED) is 0.810. The number of hydrogen-bond donors (Lipinski definition) is 1. The van der Waals surface area contributed by atoms with Gasteiger partial charge in [0, 0.05) is 23.7 Å². The topological polar surface area (TPSA) is 74.0 Å². The Morgan fingerprint density at radius 2 is 2.32 bits per heavy atom. The SMILES string of the molecule is CN(Cc1cc(Cl)ccc1OCC(N)=O)C[C@H]1COCCO1. The van der Waals surface area contributed by atoms with E-state index in [0.717, 1.165) is 12.1 Å². The summed E-state index contributed by atoms with van der Waals surface area (Å²) in [5, 5.41) is 0.618. The fourth-order valence-electron chi connectivity index (χ4n) is 2.31. The Hall–Kier alpha value is -1.34. The van der Waals surface area contributed by atoms with Gasteiger partial charge in [-0.15, -0.1) is 0 Å². The first-order valence-corrected chi connectivity index (χ1v) is 7.50. The Kier molecular flexibility index (Phi) is 6.45. The highest BCUT2D eigenvalue weighted by atomic mass is 35.5. The fraction of sp³-hybridized carbons (Fsp3) is 0.533. The van der Waals surface area contributed by atoms with Gasteiger partial charge in [0.25, 0.3) is 5.91 Å². The standard InChI is InChI=1S/C15H21ClN2O4/c1-18(8-13-9-20-4-5-21-13)7-11-6-12(16)2-3-14(11)22-10-15(17)19/h2-3,6,13H,4-5,7-10H2,1H3,(H2,17,19)/t13-/m0/s1. The number of amides is 1. The van der Waals surface area contributed by atoms with Crippen LogP contribution < -0.4 is 10.5 Å². The summed E-state index contributed by atoms with van der Waals surface area (Å²) in [5.74, 6) is 0.0953. The van der Waals surface area contributed by atoms with E-state index in [1.54, 1.807) is 12.1 Å². The van der Waals surface area contributed by atoms with Crippen molar-refractivity contribution >= 4 is 17.5 Å². The van der Waals surface area contributed by atoms with E-state index in [1.807, 2.05) is 13.1 Å². The van der Waals surface area contributed by atoms with Crippen molar-refractivity contribution in [3.8, 4) is 5.75 Å². The third-order valence-electron chi connectivity index (χ3n) is 3.23. The zero-order chi connectivity index (χ0) is 15.9. The molecule has 0 aliphatic carbocycles. The van der Waals surface area contributed by atoms with Gasteiger partial charge < -0.3 is 19.9 Å². The molecule has 1 aromatic rings. The van der Waals surface area contributed by atoms with Gasteiger partial charge in [-0.25, -0.2) is 0 Å². The molecule has 0 saturated carbocycles. The van der Waals surface area contributed by atoms with Crippen LogP contribution in [0.1, 0.15) is 5.56 Å². The van der Waals surface area contributed by atoms with Crippen molar-refractivity contribution in [1.82, 2.24) is 4.90 Å². The van der Waals surface area contributed by atoms with Crippen LogP contribution in [0.2, 0.25) is 5.02 Å². The van der Waals surface area contributed by atoms with E-state index in [2.05, 4.69) is 4.90 Å². The van der Waals surface area contributed by atoms with Crippen molar-refractivity contribution in [2.75, 3.05) is 40.0 Å². The Labute approximate surface area is 135 Å². The van der Waals surface area contributed by atoms with Gasteiger partial charge >= 0.3 is 0 Å². The number of nitrogens with zero attached hydrogens (tertiary/aromatic N) is 1. The highest BCUT2D eigenvalue weighted by molar-refractivity contribution is 6.30. The lowest BCUT2D eigenvalue weighted by Crippen LogP contribution is -2.38. The van der Waals surface area contributed by atoms with Crippen LogP contribution in [-0.4, -0.2) is 56.9 Å². The number of nitrogens with two attached hydrogens (primary N) is 1. The number of carbonyl (C=O) groups is 1. The summed E-state index contributed by atoms with van der Waals surface area (Å²) >= 11 is 6.04. The molecule has 0 bridgehead atoms. The van der Waals surface area contributed by atoms with Crippen molar-refractivity contribution in [1.29, 1.82) is 0 Å². The lowest BCUT2D eigenvalue weighted by Gasteiger charge is -2.27. The van der Waals surface area contributed by atoms with E-state index in [-0.39, 0.29) is 12.7 Å². The molecule has 1 heterocycles. The van der Waals surface area contributed by atoms with Gasteiger partial charge in [-0.2, -0.15) is 0 Å². The van der Waals surface area contributed by atoms with Crippen LogP contribution in [0.25, 0.3) is 0 Å². The largest absolute Gasteiger partial charge is 0.483 e. The summed E-state index contributed by atoms with van der Waals surface area (Å²) in [5.41, 5.74) is 6.01. The molecular formula is C15H21ClN2O4. The predicted molar refractivity (Wildman–Crippen MR) is 83.0 cm³/mol. The highest BCUT2D eigenvalue weighted by Gasteiger charge is 2.17. The number of carbonyl (C=O) groups excluding carboxylic acids is 1. The highest BCUT2D eigenvalue weighted by Crippen LogP contribution is 2.24. The summed E-state index contributed by atoms with van der Waals surface area (Å²) in [4.78, 5) is 13.0. The molecule has 1 fully saturated rings. The first-order chi connectivity index (χ1) is 10.5. The van der Waals surface area contributed by atoms with E-state index >= 15 is 0 Å². The van der Waals surface area contributed by atoms with E-state index in [9.17, 15) is 4.79 Å².